The van der Waals surface area contributed by atoms with Gasteiger partial charge in [-0.15, -0.1) is 9.89 Å². The zero-order valence-corrected chi connectivity index (χ0v) is 12.2. The Kier molecular flexibility index (Phi) is 5.11. The minimum Gasteiger partial charge on any atom is -0.321 e. The first kappa shape index (κ1) is 14.7. The third kappa shape index (κ3) is 3.86. The Bertz CT molecular complexity index is 448. The summed E-state index contributed by atoms with van der Waals surface area (Å²) in [6, 6.07) is -0.288. The monoisotopic (exact) mass is 325 g/mol. The maximum absolute atomic E-state index is 12.0. The largest absolute Gasteiger partial charge is 0.337 e. The molecule has 0 spiro atoms. The van der Waals surface area contributed by atoms with Crippen LogP contribution in [-0.2, 0) is 0 Å². The van der Waals surface area contributed by atoms with E-state index in [1.165, 1.54) is 11.9 Å². The zero-order chi connectivity index (χ0) is 13.8. The number of urea groups is 1. The molecule has 19 heavy (non-hydrogen) atoms. The molecule has 0 atom stereocenters. The molecule has 1 aromatic rings. The second-order valence-electron chi connectivity index (χ2n) is 3.88. The van der Waals surface area contributed by atoms with E-state index in [0.717, 1.165) is 23.8 Å². The van der Waals surface area contributed by atoms with Crippen LogP contribution in [0.1, 0.15) is 0 Å². The molecular formula is C8H13Cl2N7OS. The Morgan fingerprint density at radius 1 is 1.37 bits per heavy atom. The number of nitrogens with two attached hydrogens (primary N) is 1. The van der Waals surface area contributed by atoms with Crippen LogP contribution in [0.5, 0.6) is 0 Å². The minimum atomic E-state index is -0.288. The van der Waals surface area contributed by atoms with Gasteiger partial charge in [-0.05, 0) is 23.2 Å². The van der Waals surface area contributed by atoms with Gasteiger partial charge in [0.2, 0.25) is 10.6 Å². The van der Waals surface area contributed by atoms with Crippen LogP contribution < -0.4 is 10.6 Å². The highest BCUT2D eigenvalue weighted by molar-refractivity contribution is 7.97. The lowest BCUT2D eigenvalue weighted by Gasteiger charge is -2.33. The van der Waals surface area contributed by atoms with Crippen LogP contribution in [-0.4, -0.2) is 62.8 Å². The molecule has 11 heteroatoms. The van der Waals surface area contributed by atoms with Crippen LogP contribution in [0.25, 0.3) is 0 Å². The number of aromatic nitrogens is 3. The Balaban J connectivity index is 1.86. The summed E-state index contributed by atoms with van der Waals surface area (Å²) in [6.45, 7) is 2.80. The van der Waals surface area contributed by atoms with E-state index in [4.69, 9.17) is 28.3 Å². The Hall–Kier alpha value is -0.740. The summed E-state index contributed by atoms with van der Waals surface area (Å²) >= 11 is 12.6. The molecule has 2 heterocycles. The van der Waals surface area contributed by atoms with Crippen molar-refractivity contribution in [1.29, 1.82) is 0 Å². The van der Waals surface area contributed by atoms with Gasteiger partial charge in [0.25, 0.3) is 0 Å². The minimum absolute atomic E-state index is 0.0107. The van der Waals surface area contributed by atoms with Crippen LogP contribution in [0.3, 0.4) is 0 Å². The lowest BCUT2D eigenvalue weighted by molar-refractivity contribution is 0.158. The van der Waals surface area contributed by atoms with Crippen molar-refractivity contribution in [3.05, 3.63) is 10.6 Å². The van der Waals surface area contributed by atoms with E-state index < -0.39 is 0 Å². The van der Waals surface area contributed by atoms with Crippen LogP contribution in [0, 0.1) is 0 Å². The highest BCUT2D eigenvalue weighted by Crippen LogP contribution is 2.09. The van der Waals surface area contributed by atoms with Gasteiger partial charge < -0.3 is 4.90 Å². The van der Waals surface area contributed by atoms with Crippen molar-refractivity contribution in [2.75, 3.05) is 37.5 Å². The maximum atomic E-state index is 12.0. The molecule has 1 saturated heterocycles. The first-order valence-electron chi connectivity index (χ1n) is 5.48. The van der Waals surface area contributed by atoms with E-state index >= 15 is 0 Å². The van der Waals surface area contributed by atoms with Crippen LogP contribution in [0.2, 0.25) is 10.6 Å². The second kappa shape index (κ2) is 6.62. The van der Waals surface area contributed by atoms with Crippen LogP contribution in [0.4, 0.5) is 4.79 Å². The number of halogens is 2. The Morgan fingerprint density at radius 2 is 2.05 bits per heavy atom. The fourth-order valence-electron chi connectivity index (χ4n) is 1.69. The molecule has 8 nitrogen and oxygen atoms in total. The molecule has 0 saturated carbocycles. The number of carbonyl (C=O) groups is 1. The van der Waals surface area contributed by atoms with Crippen molar-refractivity contribution in [2.24, 2.45) is 5.14 Å². The van der Waals surface area contributed by atoms with Gasteiger partial charge >= 0.3 is 6.03 Å². The molecule has 0 aliphatic carbocycles. The van der Waals surface area contributed by atoms with Crippen LogP contribution in [0.15, 0.2) is 0 Å². The molecule has 0 radical (unpaired) electrons. The first-order valence-corrected chi connectivity index (χ1v) is 7.28. The molecule has 1 aromatic heterocycles. The molecular weight excluding hydrogens is 313 g/mol. The van der Waals surface area contributed by atoms with E-state index in [-0.39, 0.29) is 16.6 Å². The molecule has 2 amide bonds. The van der Waals surface area contributed by atoms with Gasteiger partial charge in [-0.3, -0.25) is 10.0 Å². The molecule has 1 aliphatic rings. The average Bonchev–Trinajstić information content (AvgIpc) is 2.69. The normalized spacial score (nSPS) is 16.7. The van der Waals surface area contributed by atoms with Crippen molar-refractivity contribution in [3.63, 3.8) is 0 Å². The topological polar surface area (TPSA) is 92.3 Å². The summed E-state index contributed by atoms with van der Waals surface area (Å²) in [4.78, 5) is 20.5. The Labute approximate surface area is 124 Å². The summed E-state index contributed by atoms with van der Waals surface area (Å²) in [5, 5.41) is 9.14. The third-order valence-corrected chi connectivity index (χ3v) is 3.58. The van der Waals surface area contributed by atoms with Gasteiger partial charge in [-0.25, -0.2) is 10.2 Å². The lowest BCUT2D eigenvalue weighted by atomic mass is 10.3. The fourth-order valence-corrected chi connectivity index (χ4v) is 2.52. The number of nitrogens with one attached hydrogen (secondary N) is 1. The number of hydrogen-bond donors (Lipinski definition) is 2. The summed E-state index contributed by atoms with van der Waals surface area (Å²) in [5.74, 6) is 0.764. The maximum Gasteiger partial charge on any atom is 0.337 e. The molecule has 1 fully saturated rings. The van der Waals surface area contributed by atoms with E-state index in [9.17, 15) is 4.79 Å². The molecule has 106 valence electrons. The molecule has 0 unspecified atom stereocenters. The SMILES string of the molecule is NSCN1CCN(C(=O)Nn2nc(Cl)nc2Cl)CC1. The summed E-state index contributed by atoms with van der Waals surface area (Å²) in [5.41, 5.74) is 2.51. The van der Waals surface area contributed by atoms with E-state index in [1.807, 2.05) is 0 Å². The highest BCUT2D eigenvalue weighted by Gasteiger charge is 2.21. The quantitative estimate of drug-likeness (QED) is 0.783. The number of carbonyl (C=O) groups excluding carboxylic acids is 1. The standard InChI is InChI=1S/C8H13Cl2N7OS/c9-6-12-7(10)17(13-6)14-8(18)16-3-1-15(2-4-16)5-19-11/h1-5,11H2,(H,14,18). The van der Waals surface area contributed by atoms with Gasteiger partial charge in [0.15, 0.2) is 0 Å². The summed E-state index contributed by atoms with van der Waals surface area (Å²) < 4.78 is 0. The van der Waals surface area contributed by atoms with Crippen molar-refractivity contribution in [1.82, 2.24) is 24.7 Å². The number of hydrogen-bond acceptors (Lipinski definition) is 6. The summed E-state index contributed by atoms with van der Waals surface area (Å²) in [6.07, 6.45) is 0. The molecule has 1 aliphatic heterocycles. The molecule has 0 aromatic carbocycles. The smallest absolute Gasteiger partial charge is 0.321 e. The van der Waals surface area contributed by atoms with Gasteiger partial charge in [-0.2, -0.15) is 4.98 Å². The molecule has 3 N–H and O–H groups in total. The first-order chi connectivity index (χ1) is 9.10. The van der Waals surface area contributed by atoms with Crippen molar-refractivity contribution in [2.45, 2.75) is 0 Å². The predicted molar refractivity (Wildman–Crippen MR) is 74.6 cm³/mol. The third-order valence-electron chi connectivity index (χ3n) is 2.66. The zero-order valence-electron chi connectivity index (χ0n) is 9.92. The number of piperazine rings is 1. The van der Waals surface area contributed by atoms with Gasteiger partial charge in [0.1, 0.15) is 0 Å². The number of amides is 2. The summed E-state index contributed by atoms with van der Waals surface area (Å²) in [7, 11) is 0. The van der Waals surface area contributed by atoms with Crippen molar-refractivity contribution >= 4 is 41.2 Å². The van der Waals surface area contributed by atoms with Gasteiger partial charge in [0.05, 0.1) is 5.88 Å². The Morgan fingerprint density at radius 3 is 2.58 bits per heavy atom. The predicted octanol–water partition coefficient (Wildman–Crippen LogP) is 0.430. The highest BCUT2D eigenvalue weighted by atomic mass is 35.5. The van der Waals surface area contributed by atoms with Gasteiger partial charge in [0, 0.05) is 26.2 Å². The lowest BCUT2D eigenvalue weighted by Crippen LogP contribution is -2.51. The van der Waals surface area contributed by atoms with Crippen LogP contribution >= 0.6 is 35.1 Å². The number of rotatable bonds is 3. The van der Waals surface area contributed by atoms with E-state index in [2.05, 4.69) is 20.4 Å². The number of nitrogens with zero attached hydrogens (tertiary/aromatic N) is 5. The fraction of sp³-hybridized carbons (Fsp3) is 0.625. The van der Waals surface area contributed by atoms with Crippen molar-refractivity contribution in [3.8, 4) is 0 Å². The second-order valence-corrected chi connectivity index (χ2v) is 5.15. The van der Waals surface area contributed by atoms with Gasteiger partial charge in [-0.1, -0.05) is 11.9 Å². The molecule has 0 bridgehead atoms. The van der Waals surface area contributed by atoms with E-state index in [0.29, 0.717) is 13.1 Å². The van der Waals surface area contributed by atoms with Crippen molar-refractivity contribution < 1.29 is 4.79 Å². The molecule has 2 rings (SSSR count). The van der Waals surface area contributed by atoms with E-state index in [1.54, 1.807) is 4.90 Å². The average molecular weight is 326 g/mol.